The Morgan fingerprint density at radius 1 is 1.16 bits per heavy atom. The predicted octanol–water partition coefficient (Wildman–Crippen LogP) is 4.02. The summed E-state index contributed by atoms with van der Waals surface area (Å²) in [5.74, 6) is -0.303. The number of hydrogen-bond acceptors (Lipinski definition) is 2. The van der Waals surface area contributed by atoms with Crippen LogP contribution in [-0.2, 0) is 0 Å². The lowest BCUT2D eigenvalue weighted by Gasteiger charge is -2.09. The number of hydrogen-bond donors (Lipinski definition) is 2. The van der Waals surface area contributed by atoms with E-state index in [-0.39, 0.29) is 17.2 Å². The van der Waals surface area contributed by atoms with Gasteiger partial charge in [-0.3, -0.25) is 4.79 Å². The van der Waals surface area contributed by atoms with Gasteiger partial charge in [0.2, 0.25) is 0 Å². The van der Waals surface area contributed by atoms with Crippen LogP contribution in [0, 0.1) is 13.8 Å². The summed E-state index contributed by atoms with van der Waals surface area (Å²) in [4.78, 5) is 12.1. The minimum Gasteiger partial charge on any atom is -0.507 e. The van der Waals surface area contributed by atoms with Crippen molar-refractivity contribution >= 4 is 27.5 Å². The van der Waals surface area contributed by atoms with Gasteiger partial charge in [0.15, 0.2) is 0 Å². The Balaban J connectivity index is 2.26. The van der Waals surface area contributed by atoms with Gasteiger partial charge in [-0.05, 0) is 43.2 Å². The van der Waals surface area contributed by atoms with Crippen molar-refractivity contribution < 1.29 is 9.90 Å². The number of anilines is 1. The number of aromatic hydroxyl groups is 1. The normalized spacial score (nSPS) is 10.3. The molecular weight excluding hydrogens is 306 g/mol. The molecule has 0 bridgehead atoms. The Hall–Kier alpha value is -1.81. The maximum atomic E-state index is 12.1. The second-order valence-electron chi connectivity index (χ2n) is 4.39. The maximum Gasteiger partial charge on any atom is 0.259 e. The molecule has 0 heterocycles. The van der Waals surface area contributed by atoms with Gasteiger partial charge in [-0.1, -0.05) is 34.1 Å². The van der Waals surface area contributed by atoms with Crippen LogP contribution in [0.4, 0.5) is 5.69 Å². The number of nitrogens with one attached hydrogen (secondary N) is 1. The maximum absolute atomic E-state index is 12.1. The molecular formula is C15H14BrNO2. The molecule has 19 heavy (non-hydrogen) atoms. The molecule has 3 nitrogen and oxygen atoms in total. The van der Waals surface area contributed by atoms with Gasteiger partial charge in [0.1, 0.15) is 5.75 Å². The van der Waals surface area contributed by atoms with E-state index in [2.05, 4.69) is 21.2 Å². The SMILES string of the molecule is Cc1ccc(NC(=O)c2cccc(C)c2O)cc1Br. The zero-order chi connectivity index (χ0) is 14.0. The first kappa shape index (κ1) is 13.6. The number of rotatable bonds is 2. The molecule has 4 heteroatoms. The largest absolute Gasteiger partial charge is 0.507 e. The fourth-order valence-corrected chi connectivity index (χ4v) is 2.09. The minimum absolute atomic E-state index is 0.0196. The van der Waals surface area contributed by atoms with Gasteiger partial charge >= 0.3 is 0 Å². The Kier molecular flexibility index (Phi) is 3.90. The van der Waals surface area contributed by atoms with Crippen LogP contribution in [0.3, 0.4) is 0 Å². The summed E-state index contributed by atoms with van der Waals surface area (Å²) >= 11 is 3.42. The number of para-hydroxylation sites is 1. The van der Waals surface area contributed by atoms with E-state index >= 15 is 0 Å². The van der Waals surface area contributed by atoms with Crippen LogP contribution in [0.2, 0.25) is 0 Å². The van der Waals surface area contributed by atoms with E-state index in [0.717, 1.165) is 10.0 Å². The van der Waals surface area contributed by atoms with Crippen molar-refractivity contribution in [2.45, 2.75) is 13.8 Å². The summed E-state index contributed by atoms with van der Waals surface area (Å²) in [6.45, 7) is 3.73. The van der Waals surface area contributed by atoms with Gasteiger partial charge in [-0.15, -0.1) is 0 Å². The minimum atomic E-state index is -0.322. The van der Waals surface area contributed by atoms with E-state index in [4.69, 9.17) is 0 Å². The smallest absolute Gasteiger partial charge is 0.259 e. The molecule has 2 aromatic carbocycles. The van der Waals surface area contributed by atoms with Gasteiger partial charge in [0.05, 0.1) is 5.56 Å². The van der Waals surface area contributed by atoms with Gasteiger partial charge in [-0.2, -0.15) is 0 Å². The number of carbonyl (C=O) groups is 1. The van der Waals surface area contributed by atoms with Crippen molar-refractivity contribution in [1.82, 2.24) is 0 Å². The monoisotopic (exact) mass is 319 g/mol. The van der Waals surface area contributed by atoms with Crippen molar-refractivity contribution in [3.63, 3.8) is 0 Å². The lowest BCUT2D eigenvalue weighted by molar-refractivity contribution is 0.102. The van der Waals surface area contributed by atoms with Crippen molar-refractivity contribution in [1.29, 1.82) is 0 Å². The highest BCUT2D eigenvalue weighted by Crippen LogP contribution is 2.24. The topological polar surface area (TPSA) is 49.3 Å². The van der Waals surface area contributed by atoms with Crippen LogP contribution in [0.5, 0.6) is 5.75 Å². The molecule has 98 valence electrons. The predicted molar refractivity (Wildman–Crippen MR) is 79.7 cm³/mol. The molecule has 0 radical (unpaired) electrons. The number of aryl methyl sites for hydroxylation is 2. The van der Waals surface area contributed by atoms with E-state index < -0.39 is 0 Å². The summed E-state index contributed by atoms with van der Waals surface area (Å²) in [7, 11) is 0. The molecule has 0 saturated carbocycles. The van der Waals surface area contributed by atoms with Crippen LogP contribution < -0.4 is 5.32 Å². The number of benzene rings is 2. The third-order valence-electron chi connectivity index (χ3n) is 2.91. The quantitative estimate of drug-likeness (QED) is 0.878. The van der Waals surface area contributed by atoms with E-state index in [9.17, 15) is 9.90 Å². The fraction of sp³-hybridized carbons (Fsp3) is 0.133. The molecule has 2 N–H and O–H groups in total. The standard InChI is InChI=1S/C15H14BrNO2/c1-9-6-7-11(8-13(9)16)17-15(19)12-5-3-4-10(2)14(12)18/h3-8,18H,1-2H3,(H,17,19). The second-order valence-corrected chi connectivity index (χ2v) is 5.24. The Bertz CT molecular complexity index is 638. The molecule has 1 amide bonds. The van der Waals surface area contributed by atoms with Crippen molar-refractivity contribution in [3.8, 4) is 5.75 Å². The first-order valence-corrected chi connectivity index (χ1v) is 6.64. The van der Waals surface area contributed by atoms with E-state index in [1.807, 2.05) is 25.1 Å². The van der Waals surface area contributed by atoms with Crippen LogP contribution in [0.25, 0.3) is 0 Å². The zero-order valence-corrected chi connectivity index (χ0v) is 12.3. The lowest BCUT2D eigenvalue weighted by atomic mass is 10.1. The highest BCUT2D eigenvalue weighted by molar-refractivity contribution is 9.10. The number of halogens is 1. The number of carbonyl (C=O) groups excluding carboxylic acids is 1. The summed E-state index contributed by atoms with van der Waals surface area (Å²) in [5.41, 5.74) is 2.73. The number of phenolic OH excluding ortho intramolecular Hbond substituents is 1. The van der Waals surface area contributed by atoms with E-state index in [1.165, 1.54) is 0 Å². The molecule has 0 atom stereocenters. The molecule has 0 fully saturated rings. The highest BCUT2D eigenvalue weighted by Gasteiger charge is 2.12. The third kappa shape index (κ3) is 2.96. The molecule has 0 aromatic heterocycles. The first-order chi connectivity index (χ1) is 8.99. The summed E-state index contributed by atoms with van der Waals surface area (Å²) < 4.78 is 0.929. The average Bonchev–Trinajstić information content (AvgIpc) is 2.37. The second kappa shape index (κ2) is 5.45. The zero-order valence-electron chi connectivity index (χ0n) is 10.7. The van der Waals surface area contributed by atoms with Gasteiger partial charge < -0.3 is 10.4 Å². The van der Waals surface area contributed by atoms with Crippen LogP contribution in [0.1, 0.15) is 21.5 Å². The molecule has 0 aliphatic carbocycles. The van der Waals surface area contributed by atoms with Crippen LogP contribution in [-0.4, -0.2) is 11.0 Å². The van der Waals surface area contributed by atoms with Gasteiger partial charge in [0.25, 0.3) is 5.91 Å². The molecule has 0 unspecified atom stereocenters. The van der Waals surface area contributed by atoms with Gasteiger partial charge in [0, 0.05) is 10.2 Å². The van der Waals surface area contributed by atoms with Crippen LogP contribution >= 0.6 is 15.9 Å². The molecule has 2 rings (SSSR count). The van der Waals surface area contributed by atoms with Gasteiger partial charge in [-0.25, -0.2) is 0 Å². The number of amides is 1. The summed E-state index contributed by atoms with van der Waals surface area (Å²) in [6.07, 6.45) is 0. The molecule has 2 aromatic rings. The highest BCUT2D eigenvalue weighted by atomic mass is 79.9. The van der Waals surface area contributed by atoms with E-state index in [0.29, 0.717) is 11.3 Å². The van der Waals surface area contributed by atoms with Crippen molar-refractivity contribution in [3.05, 3.63) is 57.6 Å². The molecule has 0 aliphatic heterocycles. The molecule has 0 saturated heterocycles. The summed E-state index contributed by atoms with van der Waals surface area (Å²) in [6, 6.07) is 10.7. The lowest BCUT2D eigenvalue weighted by Crippen LogP contribution is -2.12. The Morgan fingerprint density at radius 2 is 1.89 bits per heavy atom. The first-order valence-electron chi connectivity index (χ1n) is 5.85. The van der Waals surface area contributed by atoms with Crippen LogP contribution in [0.15, 0.2) is 40.9 Å². The third-order valence-corrected chi connectivity index (χ3v) is 3.77. The van der Waals surface area contributed by atoms with E-state index in [1.54, 1.807) is 25.1 Å². The number of phenols is 1. The average molecular weight is 320 g/mol. The fourth-order valence-electron chi connectivity index (χ4n) is 1.71. The molecule has 0 aliphatic rings. The van der Waals surface area contributed by atoms with Crippen molar-refractivity contribution in [2.75, 3.05) is 5.32 Å². The Morgan fingerprint density at radius 3 is 2.58 bits per heavy atom. The molecule has 0 spiro atoms. The van der Waals surface area contributed by atoms with Crippen molar-refractivity contribution in [2.24, 2.45) is 0 Å². The Labute approximate surface area is 120 Å². The summed E-state index contributed by atoms with van der Waals surface area (Å²) in [5, 5.41) is 12.6.